The van der Waals surface area contributed by atoms with Gasteiger partial charge in [-0.2, -0.15) is 4.89 Å². The van der Waals surface area contributed by atoms with Crippen LogP contribution in [0, 0.1) is 0 Å². The minimum atomic E-state index is -0.00250. The van der Waals surface area contributed by atoms with E-state index in [0.29, 0.717) is 13.2 Å². The third-order valence-corrected chi connectivity index (χ3v) is 3.14. The minimum Gasteiger partial charge on any atom is -0.488 e. The zero-order valence-electron chi connectivity index (χ0n) is 9.56. The maximum Gasteiger partial charge on any atom is 0.229 e. The van der Waals surface area contributed by atoms with E-state index >= 15 is 0 Å². The standard InChI is InChI=1S/C10H10Cl4O4/c1-3-15-9-7(13)8(17-14)5(11)6(12)10(9)18-16-4-2/h3-4H2,1-2H3. The van der Waals surface area contributed by atoms with E-state index < -0.39 is 0 Å². The Kier molecular flexibility index (Phi) is 6.46. The van der Waals surface area contributed by atoms with Crippen molar-refractivity contribution in [1.29, 1.82) is 0 Å². The highest BCUT2D eigenvalue weighted by atomic mass is 35.5. The molecule has 8 heteroatoms. The Bertz CT molecular complexity index is 425. The van der Waals surface area contributed by atoms with Crippen molar-refractivity contribution in [2.24, 2.45) is 0 Å². The van der Waals surface area contributed by atoms with Gasteiger partial charge in [-0.3, -0.25) is 0 Å². The molecule has 0 radical (unpaired) electrons. The fraction of sp³-hybridized carbons (Fsp3) is 0.400. The molecule has 0 N–H and O–H groups in total. The van der Waals surface area contributed by atoms with E-state index in [9.17, 15) is 0 Å². The summed E-state index contributed by atoms with van der Waals surface area (Å²) in [6, 6.07) is 0. The fourth-order valence-corrected chi connectivity index (χ4v) is 2.11. The smallest absolute Gasteiger partial charge is 0.229 e. The van der Waals surface area contributed by atoms with Crippen molar-refractivity contribution in [2.45, 2.75) is 13.8 Å². The molecule has 0 fully saturated rings. The quantitative estimate of drug-likeness (QED) is 0.420. The van der Waals surface area contributed by atoms with Gasteiger partial charge in [0, 0.05) is 0 Å². The molecule has 0 spiro atoms. The SMILES string of the molecule is CCOOc1c(Cl)c(Cl)c(OCl)c(Cl)c1OCC. The summed E-state index contributed by atoms with van der Waals surface area (Å²) in [5.41, 5.74) is 0. The van der Waals surface area contributed by atoms with Gasteiger partial charge in [-0.1, -0.05) is 34.8 Å². The second-order valence-electron chi connectivity index (χ2n) is 2.93. The van der Waals surface area contributed by atoms with Crippen molar-refractivity contribution in [3.8, 4) is 17.2 Å². The molecule has 0 aromatic heterocycles. The highest BCUT2D eigenvalue weighted by Gasteiger charge is 2.26. The first-order chi connectivity index (χ1) is 8.58. The number of hydrogen-bond donors (Lipinski definition) is 0. The zero-order chi connectivity index (χ0) is 13.7. The number of benzene rings is 1. The van der Waals surface area contributed by atoms with Crippen LogP contribution in [-0.4, -0.2) is 13.2 Å². The third-order valence-electron chi connectivity index (χ3n) is 1.82. The summed E-state index contributed by atoms with van der Waals surface area (Å²) >= 11 is 23.3. The Labute approximate surface area is 125 Å². The first kappa shape index (κ1) is 15.8. The molecule has 0 atom stereocenters. The first-order valence-electron chi connectivity index (χ1n) is 4.99. The molecule has 0 bridgehead atoms. The summed E-state index contributed by atoms with van der Waals surface area (Å²) in [6.45, 7) is 4.16. The van der Waals surface area contributed by atoms with Crippen molar-refractivity contribution in [2.75, 3.05) is 13.2 Å². The second kappa shape index (κ2) is 7.36. The molecule has 102 valence electrons. The maximum absolute atomic E-state index is 6.04. The number of ether oxygens (including phenoxy) is 1. The summed E-state index contributed by atoms with van der Waals surface area (Å²) in [7, 11) is 0. The lowest BCUT2D eigenvalue weighted by molar-refractivity contribution is -0.203. The summed E-state index contributed by atoms with van der Waals surface area (Å²) in [6.07, 6.45) is 0. The summed E-state index contributed by atoms with van der Waals surface area (Å²) in [4.78, 5) is 9.82. The van der Waals surface area contributed by atoms with Gasteiger partial charge < -0.3 is 13.9 Å². The van der Waals surface area contributed by atoms with Gasteiger partial charge in [0.05, 0.1) is 13.2 Å². The van der Waals surface area contributed by atoms with Crippen LogP contribution in [0.2, 0.25) is 15.1 Å². The zero-order valence-corrected chi connectivity index (χ0v) is 12.6. The van der Waals surface area contributed by atoms with Gasteiger partial charge in [0.2, 0.25) is 5.75 Å². The molecule has 1 aromatic carbocycles. The van der Waals surface area contributed by atoms with Crippen molar-refractivity contribution in [3.63, 3.8) is 0 Å². The van der Waals surface area contributed by atoms with Crippen LogP contribution in [0.4, 0.5) is 0 Å². The number of halogens is 4. The van der Waals surface area contributed by atoms with E-state index in [0.717, 1.165) is 0 Å². The highest BCUT2D eigenvalue weighted by Crippen LogP contribution is 2.52. The lowest BCUT2D eigenvalue weighted by Crippen LogP contribution is -2.02. The molecule has 0 saturated heterocycles. The van der Waals surface area contributed by atoms with Crippen LogP contribution >= 0.6 is 46.7 Å². The predicted octanol–water partition coefficient (Wildman–Crippen LogP) is 4.91. The average molecular weight is 336 g/mol. The molecule has 18 heavy (non-hydrogen) atoms. The van der Waals surface area contributed by atoms with Crippen molar-refractivity contribution in [1.82, 2.24) is 0 Å². The van der Waals surface area contributed by atoms with Crippen LogP contribution in [0.15, 0.2) is 0 Å². The van der Waals surface area contributed by atoms with Gasteiger partial charge >= 0.3 is 0 Å². The van der Waals surface area contributed by atoms with Gasteiger partial charge in [0.15, 0.2) is 11.5 Å². The Morgan fingerprint density at radius 1 is 0.833 bits per heavy atom. The van der Waals surface area contributed by atoms with Crippen LogP contribution in [0.5, 0.6) is 17.2 Å². The Morgan fingerprint density at radius 2 is 1.44 bits per heavy atom. The van der Waals surface area contributed by atoms with E-state index in [-0.39, 0.29) is 32.3 Å². The monoisotopic (exact) mass is 334 g/mol. The van der Waals surface area contributed by atoms with Crippen LogP contribution in [0.25, 0.3) is 0 Å². The third kappa shape index (κ3) is 3.19. The van der Waals surface area contributed by atoms with E-state index in [1.54, 1.807) is 13.8 Å². The Hall–Kier alpha value is -0.260. The molecule has 0 amide bonds. The van der Waals surface area contributed by atoms with Crippen LogP contribution < -0.4 is 13.9 Å². The van der Waals surface area contributed by atoms with E-state index in [1.807, 2.05) is 0 Å². The first-order valence-corrected chi connectivity index (χ1v) is 6.43. The van der Waals surface area contributed by atoms with Crippen LogP contribution in [0.1, 0.15) is 13.8 Å². The summed E-state index contributed by atoms with van der Waals surface area (Å²) in [5.74, 6) is 0.225. The molecule has 1 rings (SSSR count). The van der Waals surface area contributed by atoms with Gasteiger partial charge in [0.1, 0.15) is 26.9 Å². The highest BCUT2D eigenvalue weighted by molar-refractivity contribution is 6.46. The van der Waals surface area contributed by atoms with Gasteiger partial charge in [-0.05, 0) is 13.8 Å². The van der Waals surface area contributed by atoms with E-state index in [4.69, 9.17) is 61.2 Å². The normalized spacial score (nSPS) is 10.3. The number of hydrogen-bond acceptors (Lipinski definition) is 4. The molecular formula is C10H10Cl4O4. The molecule has 4 nitrogen and oxygen atoms in total. The minimum absolute atomic E-state index is 0.00250. The molecule has 0 heterocycles. The van der Waals surface area contributed by atoms with Gasteiger partial charge in [0.25, 0.3) is 0 Å². The van der Waals surface area contributed by atoms with Crippen molar-refractivity contribution in [3.05, 3.63) is 15.1 Å². The maximum atomic E-state index is 6.04. The van der Waals surface area contributed by atoms with Crippen LogP contribution in [-0.2, 0) is 4.89 Å². The topological polar surface area (TPSA) is 36.9 Å². The largest absolute Gasteiger partial charge is 0.488 e. The summed E-state index contributed by atoms with van der Waals surface area (Å²) < 4.78 is 9.88. The predicted molar refractivity (Wildman–Crippen MR) is 71.4 cm³/mol. The lowest BCUT2D eigenvalue weighted by Gasteiger charge is -2.15. The molecular weight excluding hydrogens is 326 g/mol. The Balaban J connectivity index is 3.37. The molecule has 0 saturated carbocycles. The van der Waals surface area contributed by atoms with Crippen LogP contribution in [0.3, 0.4) is 0 Å². The van der Waals surface area contributed by atoms with Crippen molar-refractivity contribution >= 4 is 46.7 Å². The van der Waals surface area contributed by atoms with E-state index in [1.165, 1.54) is 0 Å². The fourth-order valence-electron chi connectivity index (χ4n) is 1.13. The average Bonchev–Trinajstić information content (AvgIpc) is 2.36. The molecule has 0 aliphatic carbocycles. The van der Waals surface area contributed by atoms with Gasteiger partial charge in [-0.15, -0.1) is 0 Å². The lowest BCUT2D eigenvalue weighted by atomic mass is 10.3. The molecule has 1 aromatic rings. The molecule has 0 unspecified atom stereocenters. The Morgan fingerprint density at radius 3 is 1.94 bits per heavy atom. The second-order valence-corrected chi connectivity index (χ2v) is 4.22. The van der Waals surface area contributed by atoms with Crippen molar-refractivity contribution < 1.29 is 18.8 Å². The summed E-state index contributed by atoms with van der Waals surface area (Å²) in [5, 5.41) is 0.0967. The number of rotatable bonds is 6. The van der Waals surface area contributed by atoms with Gasteiger partial charge in [-0.25, -0.2) is 0 Å². The molecule has 0 aliphatic heterocycles. The molecule has 0 aliphatic rings. The van der Waals surface area contributed by atoms with E-state index in [2.05, 4.69) is 4.29 Å².